The zero-order chi connectivity index (χ0) is 11.4. The number of hydrogen-bond donors (Lipinski definition) is 2. The van der Waals surface area contributed by atoms with Crippen LogP contribution >= 0.6 is 11.6 Å². The first-order valence-corrected chi connectivity index (χ1v) is 4.68. The summed E-state index contributed by atoms with van der Waals surface area (Å²) < 4.78 is 4.92. The van der Waals surface area contributed by atoms with Crippen molar-refractivity contribution in [3.63, 3.8) is 0 Å². The molecule has 1 aromatic heterocycles. The van der Waals surface area contributed by atoms with E-state index < -0.39 is 0 Å². The van der Waals surface area contributed by atoms with Gasteiger partial charge >= 0.3 is 0 Å². The largest absolute Gasteiger partial charge is 0.334 e. The van der Waals surface area contributed by atoms with Crippen molar-refractivity contribution in [2.45, 2.75) is 0 Å². The third-order valence-electron chi connectivity index (χ3n) is 1.81. The van der Waals surface area contributed by atoms with Crippen LogP contribution in [0.25, 0.3) is 11.5 Å². The fourth-order valence-corrected chi connectivity index (χ4v) is 1.35. The monoisotopic (exact) mass is 238 g/mol. The highest BCUT2D eigenvalue weighted by molar-refractivity contribution is 6.31. The van der Waals surface area contributed by atoms with E-state index in [0.29, 0.717) is 22.2 Å². The van der Waals surface area contributed by atoms with Crippen LogP contribution in [-0.4, -0.2) is 21.7 Å². The first-order valence-electron chi connectivity index (χ1n) is 4.30. The topological polar surface area (TPSA) is 83.5 Å². The summed E-state index contributed by atoms with van der Waals surface area (Å²) in [6.45, 7) is 0. The van der Waals surface area contributed by atoms with E-state index in [4.69, 9.17) is 21.3 Å². The van der Waals surface area contributed by atoms with Crippen LogP contribution in [0.5, 0.6) is 0 Å². The average molecular weight is 239 g/mol. The summed E-state index contributed by atoms with van der Waals surface area (Å²) in [7, 11) is 0. The highest BCUT2D eigenvalue weighted by Gasteiger charge is 2.09. The summed E-state index contributed by atoms with van der Waals surface area (Å²) in [4.78, 5) is 7.85. The van der Waals surface area contributed by atoms with Gasteiger partial charge in [-0.2, -0.15) is 4.98 Å². The molecule has 0 saturated carbocycles. The van der Waals surface area contributed by atoms with E-state index in [1.807, 2.05) is 5.48 Å². The molecule has 6 nitrogen and oxygen atoms in total. The number of aromatic nitrogens is 2. The molecule has 0 saturated heterocycles. The van der Waals surface area contributed by atoms with E-state index in [0.717, 1.165) is 6.34 Å². The minimum atomic E-state index is 0.313. The molecule has 0 radical (unpaired) electrons. The zero-order valence-electron chi connectivity index (χ0n) is 7.96. The molecule has 0 fully saturated rings. The Labute approximate surface area is 95.5 Å². The van der Waals surface area contributed by atoms with E-state index in [9.17, 15) is 0 Å². The van der Waals surface area contributed by atoms with Gasteiger partial charge in [0.15, 0.2) is 6.33 Å². The summed E-state index contributed by atoms with van der Waals surface area (Å²) in [6.07, 6.45) is 2.41. The first-order chi connectivity index (χ1) is 7.81. The van der Waals surface area contributed by atoms with Gasteiger partial charge in [0.25, 0.3) is 5.89 Å². The number of hydroxylamine groups is 1. The Balaban J connectivity index is 2.49. The van der Waals surface area contributed by atoms with E-state index in [2.05, 4.69) is 15.1 Å². The molecular formula is C9H7ClN4O2. The van der Waals surface area contributed by atoms with Crippen molar-refractivity contribution in [1.29, 1.82) is 0 Å². The van der Waals surface area contributed by atoms with Gasteiger partial charge < -0.3 is 4.52 Å². The third kappa shape index (κ3) is 2.18. The second kappa shape index (κ2) is 4.73. The lowest BCUT2D eigenvalue weighted by molar-refractivity contribution is 0.240. The van der Waals surface area contributed by atoms with Gasteiger partial charge in [-0.25, -0.2) is 4.99 Å². The Hall–Kier alpha value is -1.92. The highest BCUT2D eigenvalue weighted by atomic mass is 35.5. The fourth-order valence-electron chi connectivity index (χ4n) is 1.18. The zero-order valence-corrected chi connectivity index (χ0v) is 8.72. The van der Waals surface area contributed by atoms with Gasteiger partial charge in [0, 0.05) is 5.02 Å². The van der Waals surface area contributed by atoms with Crippen LogP contribution in [0.3, 0.4) is 0 Å². The van der Waals surface area contributed by atoms with E-state index >= 15 is 0 Å². The second-order valence-electron chi connectivity index (χ2n) is 2.80. The first kappa shape index (κ1) is 10.6. The summed E-state index contributed by atoms with van der Waals surface area (Å²) in [5.41, 5.74) is 2.96. The minimum absolute atomic E-state index is 0.313. The SMILES string of the molecule is ONC=Nc1ccc(Cl)cc1-c1ncno1. The predicted octanol–water partition coefficient (Wildman–Crippen LogP) is 2.03. The van der Waals surface area contributed by atoms with Gasteiger partial charge in [0.05, 0.1) is 11.3 Å². The number of nitrogens with zero attached hydrogens (tertiary/aromatic N) is 3. The van der Waals surface area contributed by atoms with Gasteiger partial charge in [-0.1, -0.05) is 16.8 Å². The maximum absolute atomic E-state index is 8.43. The molecule has 7 heteroatoms. The van der Waals surface area contributed by atoms with Crippen molar-refractivity contribution in [2.75, 3.05) is 0 Å². The summed E-state index contributed by atoms with van der Waals surface area (Å²) in [5.74, 6) is 0.313. The van der Waals surface area contributed by atoms with Crippen molar-refractivity contribution in [3.05, 3.63) is 29.5 Å². The van der Waals surface area contributed by atoms with Crippen LogP contribution in [0, 0.1) is 0 Å². The molecule has 2 rings (SSSR count). The standard InChI is InChI=1S/C9H7ClN4O2/c10-6-1-2-8(11-4-13-15)7(3-6)9-12-5-14-16-9/h1-5,15H,(H,11,13). The average Bonchev–Trinajstić information content (AvgIpc) is 2.80. The number of nitrogens with one attached hydrogen (secondary N) is 1. The van der Waals surface area contributed by atoms with Gasteiger partial charge in [-0.15, -0.1) is 0 Å². The van der Waals surface area contributed by atoms with Gasteiger partial charge in [-0.3, -0.25) is 10.7 Å². The van der Waals surface area contributed by atoms with Crippen LogP contribution in [0.15, 0.2) is 34.0 Å². The molecule has 1 heterocycles. The summed E-state index contributed by atoms with van der Waals surface area (Å²) in [6, 6.07) is 5.00. The summed E-state index contributed by atoms with van der Waals surface area (Å²) in [5, 5.41) is 12.5. The lowest BCUT2D eigenvalue weighted by atomic mass is 10.2. The number of benzene rings is 1. The highest BCUT2D eigenvalue weighted by Crippen LogP contribution is 2.30. The number of rotatable bonds is 3. The Morgan fingerprint density at radius 2 is 2.38 bits per heavy atom. The summed E-state index contributed by atoms with van der Waals surface area (Å²) >= 11 is 5.86. The predicted molar refractivity (Wildman–Crippen MR) is 57.8 cm³/mol. The molecule has 1 aromatic carbocycles. The lowest BCUT2D eigenvalue weighted by Crippen LogP contribution is -2.01. The van der Waals surface area contributed by atoms with Gasteiger partial charge in [0.1, 0.15) is 6.34 Å². The normalized spacial score (nSPS) is 10.9. The molecule has 2 N–H and O–H groups in total. The van der Waals surface area contributed by atoms with E-state index in [1.54, 1.807) is 18.2 Å². The quantitative estimate of drug-likeness (QED) is 0.486. The molecule has 0 spiro atoms. The minimum Gasteiger partial charge on any atom is -0.334 e. The molecule has 2 aromatic rings. The molecule has 0 bridgehead atoms. The fraction of sp³-hybridized carbons (Fsp3) is 0. The molecule has 0 atom stereocenters. The molecule has 0 amide bonds. The number of aliphatic imine (C=N–C) groups is 1. The Morgan fingerprint density at radius 3 is 3.06 bits per heavy atom. The van der Waals surface area contributed by atoms with Crippen molar-refractivity contribution in [1.82, 2.24) is 15.6 Å². The number of halogens is 1. The molecule has 0 aliphatic carbocycles. The van der Waals surface area contributed by atoms with Crippen molar-refractivity contribution >= 4 is 23.6 Å². The third-order valence-corrected chi connectivity index (χ3v) is 2.05. The Morgan fingerprint density at radius 1 is 1.50 bits per heavy atom. The van der Waals surface area contributed by atoms with Crippen molar-refractivity contribution in [2.24, 2.45) is 4.99 Å². The maximum Gasteiger partial charge on any atom is 0.259 e. The van der Waals surface area contributed by atoms with Crippen LogP contribution < -0.4 is 5.48 Å². The Bertz CT molecular complexity index is 498. The smallest absolute Gasteiger partial charge is 0.259 e. The molecule has 0 aliphatic rings. The van der Waals surface area contributed by atoms with Crippen LogP contribution in [-0.2, 0) is 0 Å². The van der Waals surface area contributed by atoms with Crippen LogP contribution in [0.1, 0.15) is 0 Å². The second-order valence-corrected chi connectivity index (χ2v) is 3.23. The molecule has 0 unspecified atom stereocenters. The van der Waals surface area contributed by atoms with Crippen LogP contribution in [0.4, 0.5) is 5.69 Å². The van der Waals surface area contributed by atoms with Crippen molar-refractivity contribution < 1.29 is 9.73 Å². The molecule has 0 aliphatic heterocycles. The maximum atomic E-state index is 8.43. The molecule has 82 valence electrons. The van der Waals surface area contributed by atoms with Crippen molar-refractivity contribution in [3.8, 4) is 11.5 Å². The Kier molecular flexibility index (Phi) is 3.13. The van der Waals surface area contributed by atoms with E-state index in [1.165, 1.54) is 6.33 Å². The van der Waals surface area contributed by atoms with Gasteiger partial charge in [0.2, 0.25) is 0 Å². The number of hydrogen-bond acceptors (Lipinski definition) is 5. The van der Waals surface area contributed by atoms with Gasteiger partial charge in [-0.05, 0) is 18.2 Å². The molecular weight excluding hydrogens is 232 g/mol. The van der Waals surface area contributed by atoms with Crippen LogP contribution in [0.2, 0.25) is 5.02 Å². The van der Waals surface area contributed by atoms with E-state index in [-0.39, 0.29) is 0 Å². The lowest BCUT2D eigenvalue weighted by Gasteiger charge is -2.01. The molecule has 16 heavy (non-hydrogen) atoms.